The zero-order valence-electron chi connectivity index (χ0n) is 10.5. The number of carbonyl (C=O) groups is 1. The highest BCUT2D eigenvalue weighted by atomic mass is 35.5. The number of Topliss-reactive ketones (excluding diaryl/α,β-unsaturated/α-hetero) is 1. The van der Waals surface area contributed by atoms with E-state index in [2.05, 4.69) is 12.2 Å². The molecule has 0 spiro atoms. The Balaban J connectivity index is 2.00. The largest absolute Gasteiger partial charge is 0.294 e. The van der Waals surface area contributed by atoms with Gasteiger partial charge in [-0.3, -0.25) is 4.79 Å². The van der Waals surface area contributed by atoms with Crippen LogP contribution in [0, 0.1) is 0 Å². The number of ketones is 1. The maximum absolute atomic E-state index is 12.0. The van der Waals surface area contributed by atoms with E-state index in [9.17, 15) is 4.79 Å². The van der Waals surface area contributed by atoms with Gasteiger partial charge in [0.25, 0.3) is 0 Å². The van der Waals surface area contributed by atoms with Crippen LogP contribution in [0.2, 0.25) is 10.0 Å². The van der Waals surface area contributed by atoms with Crippen molar-refractivity contribution in [1.82, 2.24) is 0 Å². The van der Waals surface area contributed by atoms with Gasteiger partial charge in [0.1, 0.15) is 0 Å². The molecule has 98 valence electrons. The first-order valence-corrected chi connectivity index (χ1v) is 7.31. The smallest absolute Gasteiger partial charge is 0.162 e. The van der Waals surface area contributed by atoms with Crippen molar-refractivity contribution in [1.29, 1.82) is 0 Å². The summed E-state index contributed by atoms with van der Waals surface area (Å²) in [5, 5.41) is 1.16. The first-order valence-electron chi connectivity index (χ1n) is 6.55. The van der Waals surface area contributed by atoms with E-state index in [1.165, 1.54) is 5.57 Å². The molecule has 0 aliphatic heterocycles. The molecule has 3 rings (SSSR count). The first kappa shape index (κ1) is 13.0. The van der Waals surface area contributed by atoms with E-state index < -0.39 is 0 Å². The Kier molecular flexibility index (Phi) is 3.51. The van der Waals surface area contributed by atoms with Crippen molar-refractivity contribution < 1.29 is 4.79 Å². The van der Waals surface area contributed by atoms with Crippen molar-refractivity contribution in [2.45, 2.75) is 31.6 Å². The Morgan fingerprint density at radius 2 is 1.84 bits per heavy atom. The van der Waals surface area contributed by atoms with Gasteiger partial charge in [-0.05, 0) is 42.5 Å². The van der Waals surface area contributed by atoms with Crippen LogP contribution >= 0.6 is 23.2 Å². The molecule has 2 aliphatic rings. The highest BCUT2D eigenvalue weighted by molar-refractivity contribution is 6.42. The summed E-state index contributed by atoms with van der Waals surface area (Å²) >= 11 is 12.1. The molecule has 0 radical (unpaired) electrons. The lowest BCUT2D eigenvalue weighted by molar-refractivity contribution is -0.116. The van der Waals surface area contributed by atoms with Crippen molar-refractivity contribution in [3.8, 4) is 0 Å². The Morgan fingerprint density at radius 1 is 1.05 bits per heavy atom. The lowest BCUT2D eigenvalue weighted by Crippen LogP contribution is -2.20. The summed E-state index contributed by atoms with van der Waals surface area (Å²) in [6.45, 7) is 0. The molecule has 1 unspecified atom stereocenters. The molecule has 2 aliphatic carbocycles. The molecule has 3 heteroatoms. The summed E-state index contributed by atoms with van der Waals surface area (Å²) in [6.07, 6.45) is 7.76. The fraction of sp³-hybridized carbons (Fsp3) is 0.312. The van der Waals surface area contributed by atoms with Crippen LogP contribution in [0.3, 0.4) is 0 Å². The van der Waals surface area contributed by atoms with E-state index in [0.29, 0.717) is 16.5 Å². The molecule has 1 saturated carbocycles. The summed E-state index contributed by atoms with van der Waals surface area (Å²) in [5.74, 6) is 0.557. The molecule has 1 atom stereocenters. The van der Waals surface area contributed by atoms with E-state index in [1.54, 1.807) is 0 Å². The van der Waals surface area contributed by atoms with Crippen LogP contribution < -0.4 is 0 Å². The molecular formula is C16H14Cl2O. The molecular weight excluding hydrogens is 279 g/mol. The van der Waals surface area contributed by atoms with Gasteiger partial charge in [0.05, 0.1) is 10.0 Å². The highest BCUT2D eigenvalue weighted by Gasteiger charge is 2.30. The number of benzene rings is 1. The van der Waals surface area contributed by atoms with Crippen LogP contribution in [0.25, 0.3) is 0 Å². The zero-order chi connectivity index (χ0) is 13.4. The average Bonchev–Trinajstić information content (AvgIpc) is 2.43. The summed E-state index contributed by atoms with van der Waals surface area (Å²) < 4.78 is 0. The van der Waals surface area contributed by atoms with Crippen molar-refractivity contribution in [2.24, 2.45) is 0 Å². The minimum absolute atomic E-state index is 0.277. The third kappa shape index (κ3) is 2.37. The molecule has 1 fully saturated rings. The molecule has 0 heterocycles. The van der Waals surface area contributed by atoms with Gasteiger partial charge in [-0.1, -0.05) is 41.4 Å². The second-order valence-electron chi connectivity index (χ2n) is 5.04. The van der Waals surface area contributed by atoms with Gasteiger partial charge in [0, 0.05) is 17.9 Å². The summed E-state index contributed by atoms with van der Waals surface area (Å²) in [7, 11) is 0. The third-order valence-electron chi connectivity index (χ3n) is 3.87. The monoisotopic (exact) mass is 292 g/mol. The molecule has 0 amide bonds. The second kappa shape index (κ2) is 5.15. The SMILES string of the molecule is O=C1CCC(c2ccc(Cl)c(Cl)c2)C2=CCCC=C12. The molecule has 1 aromatic carbocycles. The van der Waals surface area contributed by atoms with Crippen LogP contribution in [-0.2, 0) is 4.79 Å². The number of rotatable bonds is 1. The van der Waals surface area contributed by atoms with Gasteiger partial charge in [-0.2, -0.15) is 0 Å². The van der Waals surface area contributed by atoms with E-state index in [4.69, 9.17) is 23.2 Å². The third-order valence-corrected chi connectivity index (χ3v) is 4.61. The molecule has 0 saturated heterocycles. The maximum atomic E-state index is 12.0. The van der Waals surface area contributed by atoms with Crippen molar-refractivity contribution in [3.05, 3.63) is 57.1 Å². The quantitative estimate of drug-likeness (QED) is 0.705. The standard InChI is InChI=1S/C16H14Cl2O/c17-14-7-5-10(9-15(14)18)11-6-8-16(19)13-4-2-1-3-12(11)13/h3-5,7,9,11H,1-2,6,8H2. The number of allylic oxidation sites excluding steroid dienone is 4. The molecule has 1 aromatic rings. The Bertz CT molecular complexity index is 599. The fourth-order valence-electron chi connectivity index (χ4n) is 2.94. The Labute approximate surface area is 122 Å². The van der Waals surface area contributed by atoms with E-state index in [-0.39, 0.29) is 11.7 Å². The lowest BCUT2D eigenvalue weighted by atomic mass is 9.74. The minimum Gasteiger partial charge on any atom is -0.294 e. The van der Waals surface area contributed by atoms with Crippen molar-refractivity contribution in [3.63, 3.8) is 0 Å². The topological polar surface area (TPSA) is 17.1 Å². The van der Waals surface area contributed by atoms with Crippen LogP contribution in [-0.4, -0.2) is 5.78 Å². The van der Waals surface area contributed by atoms with Gasteiger partial charge in [-0.25, -0.2) is 0 Å². The molecule has 0 aromatic heterocycles. The molecule has 0 N–H and O–H groups in total. The zero-order valence-corrected chi connectivity index (χ0v) is 12.0. The number of fused-ring (bicyclic) bond motifs is 1. The predicted molar refractivity (Wildman–Crippen MR) is 78.8 cm³/mol. The van der Waals surface area contributed by atoms with Crippen LogP contribution in [0.5, 0.6) is 0 Å². The van der Waals surface area contributed by atoms with Crippen LogP contribution in [0.1, 0.15) is 37.2 Å². The van der Waals surface area contributed by atoms with Gasteiger partial charge < -0.3 is 0 Å². The lowest BCUT2D eigenvalue weighted by Gasteiger charge is -2.29. The van der Waals surface area contributed by atoms with Crippen LogP contribution in [0.15, 0.2) is 41.5 Å². The van der Waals surface area contributed by atoms with Gasteiger partial charge in [0.15, 0.2) is 5.78 Å². The predicted octanol–water partition coefficient (Wildman–Crippen LogP) is 5.09. The van der Waals surface area contributed by atoms with Crippen molar-refractivity contribution >= 4 is 29.0 Å². The number of hydrogen-bond acceptors (Lipinski definition) is 1. The summed E-state index contributed by atoms with van der Waals surface area (Å²) in [4.78, 5) is 12.0. The van der Waals surface area contributed by atoms with E-state index >= 15 is 0 Å². The summed E-state index contributed by atoms with van der Waals surface area (Å²) in [6, 6.07) is 5.78. The number of halogens is 2. The fourth-order valence-corrected chi connectivity index (χ4v) is 3.25. The normalized spacial score (nSPS) is 22.6. The van der Waals surface area contributed by atoms with Crippen LogP contribution in [0.4, 0.5) is 0 Å². The average molecular weight is 293 g/mol. The van der Waals surface area contributed by atoms with Gasteiger partial charge in [-0.15, -0.1) is 0 Å². The molecule has 19 heavy (non-hydrogen) atoms. The van der Waals surface area contributed by atoms with Gasteiger partial charge in [0.2, 0.25) is 0 Å². The Hall–Kier alpha value is -1.05. The maximum Gasteiger partial charge on any atom is 0.162 e. The Morgan fingerprint density at radius 3 is 2.63 bits per heavy atom. The minimum atomic E-state index is 0.277. The summed E-state index contributed by atoms with van der Waals surface area (Å²) in [5.41, 5.74) is 3.26. The van der Waals surface area contributed by atoms with Crippen molar-refractivity contribution in [2.75, 3.05) is 0 Å². The molecule has 1 nitrogen and oxygen atoms in total. The highest BCUT2D eigenvalue weighted by Crippen LogP contribution is 2.42. The van der Waals surface area contributed by atoms with E-state index in [0.717, 1.165) is 30.4 Å². The van der Waals surface area contributed by atoms with Gasteiger partial charge >= 0.3 is 0 Å². The molecule has 0 bridgehead atoms. The number of hydrogen-bond donors (Lipinski definition) is 0. The first-order chi connectivity index (χ1) is 9.16. The number of carbonyl (C=O) groups excluding carboxylic acids is 1. The van der Waals surface area contributed by atoms with E-state index in [1.807, 2.05) is 18.2 Å². The second-order valence-corrected chi connectivity index (χ2v) is 5.86.